The standard InChI is InChI=1S/C39H38N4O6S/c1-25(2)33(42-39(47)48-23-27-16-8-4-9-17-27)37(46)43-32(24-50-38(43)28-18-10-5-11-19-28)41-35(45)29(22-26-14-6-3-7-15-26)34(44)36-40-30-20-12-13-21-31(30)49-36/h3-21,25,29,32-33,38H,22-24H2,1-2H3,(H,41,45)(H,42,47)/t29-,32+,33-,38+/m0/s1. The molecule has 256 valence electrons. The molecule has 5 aromatic rings. The summed E-state index contributed by atoms with van der Waals surface area (Å²) in [7, 11) is 0. The monoisotopic (exact) mass is 690 g/mol. The lowest BCUT2D eigenvalue weighted by Crippen LogP contribution is -2.58. The number of carbonyl (C=O) groups is 4. The number of alkyl carbamates (subject to hydrolysis) is 1. The van der Waals surface area contributed by atoms with Crippen molar-refractivity contribution < 1.29 is 28.3 Å². The second-order valence-electron chi connectivity index (χ2n) is 12.4. The number of amides is 3. The van der Waals surface area contributed by atoms with Crippen molar-refractivity contribution in [2.45, 2.75) is 44.5 Å². The number of benzene rings is 4. The summed E-state index contributed by atoms with van der Waals surface area (Å²) in [5.74, 6) is -2.80. The van der Waals surface area contributed by atoms with Crippen LogP contribution in [0.5, 0.6) is 0 Å². The van der Waals surface area contributed by atoms with Crippen molar-refractivity contribution >= 4 is 46.6 Å². The minimum Gasteiger partial charge on any atom is -0.445 e. The van der Waals surface area contributed by atoms with Gasteiger partial charge >= 0.3 is 6.09 Å². The third kappa shape index (κ3) is 8.06. The molecule has 0 saturated carbocycles. The van der Waals surface area contributed by atoms with Crippen molar-refractivity contribution in [3.63, 3.8) is 0 Å². The van der Waals surface area contributed by atoms with Crippen molar-refractivity contribution in [2.75, 3.05) is 5.75 Å². The van der Waals surface area contributed by atoms with Crippen molar-refractivity contribution in [3.8, 4) is 0 Å². The summed E-state index contributed by atoms with van der Waals surface area (Å²) in [6.45, 7) is 3.72. The number of oxazole rings is 1. The SMILES string of the molecule is CC(C)[C@H](NC(=O)OCc1ccccc1)C(=O)N1[C@@H](NC(=O)[C@@H](Cc2ccccc2)C(=O)c2nc3ccccc3o2)CS[C@@H]1c1ccccc1. The van der Waals surface area contributed by atoms with Crippen LogP contribution in [0.3, 0.4) is 0 Å². The van der Waals surface area contributed by atoms with Gasteiger partial charge in [0.25, 0.3) is 5.89 Å². The Morgan fingerprint density at radius 3 is 2.14 bits per heavy atom. The maximum atomic E-state index is 14.5. The molecule has 4 aromatic carbocycles. The molecule has 11 heteroatoms. The first-order valence-electron chi connectivity index (χ1n) is 16.5. The van der Waals surface area contributed by atoms with Crippen LogP contribution in [0.15, 0.2) is 120 Å². The van der Waals surface area contributed by atoms with E-state index in [1.165, 1.54) is 11.8 Å². The molecule has 0 unspecified atom stereocenters. The Hall–Kier alpha value is -5.42. The van der Waals surface area contributed by atoms with Crippen LogP contribution in [0.2, 0.25) is 0 Å². The molecule has 0 radical (unpaired) electrons. The fraction of sp³-hybridized carbons (Fsp3) is 0.256. The van der Waals surface area contributed by atoms with E-state index in [4.69, 9.17) is 9.15 Å². The first-order chi connectivity index (χ1) is 24.3. The molecule has 1 aliphatic rings. The largest absolute Gasteiger partial charge is 0.445 e. The predicted octanol–water partition coefficient (Wildman–Crippen LogP) is 6.54. The van der Waals surface area contributed by atoms with Crippen LogP contribution in [0, 0.1) is 11.8 Å². The Balaban J connectivity index is 1.26. The van der Waals surface area contributed by atoms with Gasteiger partial charge in [-0.2, -0.15) is 0 Å². The number of thioether (sulfide) groups is 1. The average molecular weight is 691 g/mol. The quantitative estimate of drug-likeness (QED) is 0.112. The molecular weight excluding hydrogens is 653 g/mol. The van der Waals surface area contributed by atoms with Crippen LogP contribution in [-0.4, -0.2) is 51.5 Å². The van der Waals surface area contributed by atoms with E-state index < -0.39 is 41.3 Å². The fourth-order valence-electron chi connectivity index (χ4n) is 5.87. The Morgan fingerprint density at radius 1 is 0.860 bits per heavy atom. The van der Waals surface area contributed by atoms with Crippen molar-refractivity contribution in [1.82, 2.24) is 20.5 Å². The molecule has 0 spiro atoms. The zero-order valence-corrected chi connectivity index (χ0v) is 28.5. The number of nitrogens with one attached hydrogen (secondary N) is 2. The van der Waals surface area contributed by atoms with Gasteiger partial charge < -0.3 is 24.7 Å². The van der Waals surface area contributed by atoms with Crippen LogP contribution in [0.25, 0.3) is 11.1 Å². The van der Waals surface area contributed by atoms with Gasteiger partial charge in [0.1, 0.15) is 35.6 Å². The Morgan fingerprint density at radius 2 is 1.48 bits per heavy atom. The molecule has 1 aromatic heterocycles. The van der Waals surface area contributed by atoms with Gasteiger partial charge in [0.15, 0.2) is 5.58 Å². The van der Waals surface area contributed by atoms with E-state index in [-0.39, 0.29) is 30.7 Å². The molecule has 1 aliphatic heterocycles. The maximum absolute atomic E-state index is 14.5. The van der Waals surface area contributed by atoms with E-state index in [9.17, 15) is 19.2 Å². The molecule has 4 atom stereocenters. The highest BCUT2D eigenvalue weighted by Gasteiger charge is 2.44. The zero-order chi connectivity index (χ0) is 35.0. The van der Waals surface area contributed by atoms with Crippen LogP contribution in [0.1, 0.15) is 46.6 Å². The number of hydrogen-bond acceptors (Lipinski definition) is 8. The second kappa shape index (κ2) is 15.9. The van der Waals surface area contributed by atoms with Gasteiger partial charge in [-0.05, 0) is 41.2 Å². The molecule has 1 saturated heterocycles. The predicted molar refractivity (Wildman–Crippen MR) is 191 cm³/mol. The molecule has 10 nitrogen and oxygen atoms in total. The van der Waals surface area contributed by atoms with Crippen molar-refractivity contribution in [3.05, 3.63) is 138 Å². The molecule has 50 heavy (non-hydrogen) atoms. The number of rotatable bonds is 12. The summed E-state index contributed by atoms with van der Waals surface area (Å²) in [4.78, 5) is 61.6. The number of para-hydroxylation sites is 2. The van der Waals surface area contributed by atoms with Crippen LogP contribution >= 0.6 is 11.8 Å². The van der Waals surface area contributed by atoms with E-state index in [1.54, 1.807) is 29.2 Å². The highest BCUT2D eigenvalue weighted by atomic mass is 32.2. The summed E-state index contributed by atoms with van der Waals surface area (Å²) in [5, 5.41) is 5.33. The van der Waals surface area contributed by atoms with Gasteiger partial charge in [0.2, 0.25) is 17.6 Å². The van der Waals surface area contributed by atoms with E-state index in [1.807, 2.05) is 105 Å². The van der Waals surface area contributed by atoms with Gasteiger partial charge in [-0.15, -0.1) is 11.8 Å². The number of nitrogens with zero attached hydrogens (tertiary/aromatic N) is 2. The van der Waals surface area contributed by atoms with Gasteiger partial charge in [0.05, 0.1) is 0 Å². The normalized spacial score (nSPS) is 16.9. The lowest BCUT2D eigenvalue weighted by atomic mass is 9.94. The number of hydrogen-bond donors (Lipinski definition) is 2. The third-order valence-electron chi connectivity index (χ3n) is 8.49. The van der Waals surface area contributed by atoms with E-state index in [0.717, 1.165) is 16.7 Å². The number of aromatic nitrogens is 1. The number of ketones is 1. The van der Waals surface area contributed by atoms with E-state index in [0.29, 0.717) is 16.9 Å². The zero-order valence-electron chi connectivity index (χ0n) is 27.7. The van der Waals surface area contributed by atoms with Crippen LogP contribution in [0.4, 0.5) is 4.79 Å². The molecule has 0 aliphatic carbocycles. The lowest BCUT2D eigenvalue weighted by Gasteiger charge is -2.35. The second-order valence-corrected chi connectivity index (χ2v) is 13.5. The summed E-state index contributed by atoms with van der Waals surface area (Å²) >= 11 is 1.49. The molecule has 2 N–H and O–H groups in total. The number of carbonyl (C=O) groups excluding carboxylic acids is 4. The number of ether oxygens (including phenoxy) is 1. The summed E-state index contributed by atoms with van der Waals surface area (Å²) in [5.41, 5.74) is 3.42. The summed E-state index contributed by atoms with van der Waals surface area (Å²) < 4.78 is 11.2. The fourth-order valence-corrected chi connectivity index (χ4v) is 7.24. The van der Waals surface area contributed by atoms with Gasteiger partial charge in [-0.1, -0.05) is 117 Å². The van der Waals surface area contributed by atoms with Gasteiger partial charge in [0, 0.05) is 5.75 Å². The van der Waals surface area contributed by atoms with Crippen LogP contribution in [-0.2, 0) is 27.4 Å². The molecule has 6 rings (SSSR count). The topological polar surface area (TPSA) is 131 Å². The summed E-state index contributed by atoms with van der Waals surface area (Å²) in [6, 6.07) is 34.1. The average Bonchev–Trinajstić information content (AvgIpc) is 3.77. The van der Waals surface area contributed by atoms with Gasteiger partial charge in [-0.3, -0.25) is 14.4 Å². The Kier molecular flexibility index (Phi) is 10.9. The van der Waals surface area contributed by atoms with Crippen molar-refractivity contribution in [2.24, 2.45) is 11.8 Å². The third-order valence-corrected chi connectivity index (χ3v) is 9.81. The first-order valence-corrected chi connectivity index (χ1v) is 17.5. The maximum Gasteiger partial charge on any atom is 0.408 e. The Bertz CT molecular complexity index is 1900. The van der Waals surface area contributed by atoms with E-state index >= 15 is 0 Å². The lowest BCUT2D eigenvalue weighted by molar-refractivity contribution is -0.138. The van der Waals surface area contributed by atoms with Crippen LogP contribution < -0.4 is 10.6 Å². The molecule has 3 amide bonds. The smallest absolute Gasteiger partial charge is 0.408 e. The Labute approximate surface area is 294 Å². The highest BCUT2D eigenvalue weighted by Crippen LogP contribution is 2.41. The minimum absolute atomic E-state index is 0.0491. The van der Waals surface area contributed by atoms with E-state index in [2.05, 4.69) is 15.6 Å². The molecule has 2 heterocycles. The molecule has 1 fully saturated rings. The number of Topliss-reactive ketones (excluding diaryl/α,β-unsaturated/α-hetero) is 1. The highest BCUT2D eigenvalue weighted by molar-refractivity contribution is 7.99. The first kappa shape index (κ1) is 34.4. The number of fused-ring (bicyclic) bond motifs is 1. The molecule has 0 bridgehead atoms. The van der Waals surface area contributed by atoms with Crippen molar-refractivity contribution in [1.29, 1.82) is 0 Å². The van der Waals surface area contributed by atoms with Gasteiger partial charge in [-0.25, -0.2) is 9.78 Å². The molecular formula is C39H38N4O6S. The summed E-state index contributed by atoms with van der Waals surface area (Å²) in [6.07, 6.45) is -1.41. The minimum atomic E-state index is -1.19.